The second-order valence-corrected chi connectivity index (χ2v) is 4.78. The van der Waals surface area contributed by atoms with Gasteiger partial charge in [0.25, 0.3) is 5.56 Å². The van der Waals surface area contributed by atoms with Crippen molar-refractivity contribution in [2.75, 3.05) is 5.43 Å². The second-order valence-electron chi connectivity index (χ2n) is 4.78. The summed E-state index contributed by atoms with van der Waals surface area (Å²) in [5.74, 6) is 5.43. The first-order valence-electron chi connectivity index (χ1n) is 6.58. The van der Waals surface area contributed by atoms with Crippen molar-refractivity contribution in [2.45, 2.75) is 6.18 Å². The minimum Gasteiger partial charge on any atom is -0.293 e. The van der Waals surface area contributed by atoms with Crippen LogP contribution >= 0.6 is 0 Å². The van der Waals surface area contributed by atoms with Crippen LogP contribution in [0.3, 0.4) is 0 Å². The molecule has 0 atom stereocenters. The van der Waals surface area contributed by atoms with E-state index in [0.29, 0.717) is 10.9 Å². The summed E-state index contributed by atoms with van der Waals surface area (Å²) in [5, 5.41) is 0.339. The molecule has 0 spiro atoms. The number of nitrogens with zero attached hydrogens (tertiary/aromatic N) is 2. The van der Waals surface area contributed by atoms with Gasteiger partial charge in [0.1, 0.15) is 0 Å². The van der Waals surface area contributed by atoms with E-state index in [1.807, 2.05) is 0 Å². The van der Waals surface area contributed by atoms with Crippen LogP contribution in [0.2, 0.25) is 0 Å². The van der Waals surface area contributed by atoms with Gasteiger partial charge in [0.15, 0.2) is 0 Å². The summed E-state index contributed by atoms with van der Waals surface area (Å²) in [4.78, 5) is 16.8. The molecule has 1 heterocycles. The summed E-state index contributed by atoms with van der Waals surface area (Å²) in [6.07, 6.45) is -4.44. The number of benzene rings is 2. The molecule has 0 aliphatic heterocycles. The number of nitrogens with one attached hydrogen (secondary N) is 1. The Bertz CT molecular complexity index is 917. The molecule has 0 bridgehead atoms. The highest BCUT2D eigenvalue weighted by Crippen LogP contribution is 2.29. The molecule has 0 fully saturated rings. The van der Waals surface area contributed by atoms with Gasteiger partial charge < -0.3 is 0 Å². The van der Waals surface area contributed by atoms with E-state index in [0.717, 1.165) is 16.7 Å². The third kappa shape index (κ3) is 2.64. The quantitative estimate of drug-likeness (QED) is 0.562. The fourth-order valence-electron chi connectivity index (χ4n) is 2.27. The average molecular weight is 320 g/mol. The summed E-state index contributed by atoms with van der Waals surface area (Å²) in [7, 11) is 0. The Hall–Kier alpha value is -2.87. The van der Waals surface area contributed by atoms with Crippen LogP contribution in [-0.2, 0) is 6.18 Å². The van der Waals surface area contributed by atoms with Gasteiger partial charge in [0.2, 0.25) is 5.95 Å². The molecule has 2 aromatic carbocycles. The zero-order valence-corrected chi connectivity index (χ0v) is 11.6. The molecule has 3 N–H and O–H groups in total. The van der Waals surface area contributed by atoms with Crippen molar-refractivity contribution in [3.05, 3.63) is 64.4 Å². The monoisotopic (exact) mass is 320 g/mol. The summed E-state index contributed by atoms with van der Waals surface area (Å²) in [6.45, 7) is 0. The Morgan fingerprint density at radius 2 is 1.70 bits per heavy atom. The van der Waals surface area contributed by atoms with E-state index >= 15 is 0 Å². The highest BCUT2D eigenvalue weighted by atomic mass is 19.4. The minimum absolute atomic E-state index is 0.0356. The van der Waals surface area contributed by atoms with Crippen molar-refractivity contribution in [1.29, 1.82) is 0 Å². The Balaban J connectivity index is 2.23. The van der Waals surface area contributed by atoms with Gasteiger partial charge in [-0.3, -0.25) is 10.2 Å². The maximum atomic E-state index is 12.6. The smallest absolute Gasteiger partial charge is 0.293 e. The molecule has 3 rings (SSSR count). The predicted octanol–water partition coefficient (Wildman–Crippen LogP) is 2.69. The largest absolute Gasteiger partial charge is 0.416 e. The van der Waals surface area contributed by atoms with Crippen LogP contribution in [0, 0.1) is 0 Å². The molecular weight excluding hydrogens is 309 g/mol. The molecule has 0 saturated carbocycles. The fourth-order valence-corrected chi connectivity index (χ4v) is 2.27. The van der Waals surface area contributed by atoms with E-state index in [1.165, 1.54) is 12.1 Å². The topological polar surface area (TPSA) is 72.9 Å². The highest BCUT2D eigenvalue weighted by molar-refractivity contribution is 5.79. The van der Waals surface area contributed by atoms with E-state index in [4.69, 9.17) is 5.84 Å². The van der Waals surface area contributed by atoms with Crippen LogP contribution in [0.5, 0.6) is 0 Å². The van der Waals surface area contributed by atoms with Gasteiger partial charge in [-0.15, -0.1) is 0 Å². The maximum Gasteiger partial charge on any atom is 0.416 e. The summed E-state index contributed by atoms with van der Waals surface area (Å²) in [6, 6.07) is 10.8. The lowest BCUT2D eigenvalue weighted by Gasteiger charge is -2.13. The van der Waals surface area contributed by atoms with E-state index < -0.39 is 17.3 Å². The van der Waals surface area contributed by atoms with Crippen molar-refractivity contribution in [1.82, 2.24) is 9.55 Å². The first-order valence-corrected chi connectivity index (χ1v) is 6.58. The molecule has 0 aliphatic rings. The third-order valence-electron chi connectivity index (χ3n) is 3.36. The number of nitrogens with two attached hydrogens (primary N) is 1. The van der Waals surface area contributed by atoms with Crippen LogP contribution < -0.4 is 16.8 Å². The number of alkyl halides is 3. The number of nitrogen functional groups attached to an aromatic ring is 1. The van der Waals surface area contributed by atoms with Crippen LogP contribution in [0.25, 0.3) is 16.6 Å². The van der Waals surface area contributed by atoms with Gasteiger partial charge in [-0.2, -0.15) is 13.2 Å². The molecule has 0 aliphatic carbocycles. The lowest BCUT2D eigenvalue weighted by atomic mass is 10.2. The minimum atomic E-state index is -4.44. The second kappa shape index (κ2) is 5.40. The number of para-hydroxylation sites is 1. The van der Waals surface area contributed by atoms with Crippen LogP contribution in [-0.4, -0.2) is 9.55 Å². The number of fused-ring (bicyclic) bond motifs is 1. The Labute approximate surface area is 128 Å². The first kappa shape index (κ1) is 15.0. The average Bonchev–Trinajstić information content (AvgIpc) is 2.54. The van der Waals surface area contributed by atoms with Crippen LogP contribution in [0.1, 0.15) is 5.56 Å². The first-order chi connectivity index (χ1) is 10.9. The van der Waals surface area contributed by atoms with E-state index in [1.54, 1.807) is 24.3 Å². The third-order valence-corrected chi connectivity index (χ3v) is 3.36. The lowest BCUT2D eigenvalue weighted by molar-refractivity contribution is -0.137. The zero-order valence-electron chi connectivity index (χ0n) is 11.6. The molecule has 118 valence electrons. The number of hydrazine groups is 1. The normalized spacial score (nSPS) is 11.7. The van der Waals surface area contributed by atoms with Gasteiger partial charge in [-0.05, 0) is 36.4 Å². The molecule has 23 heavy (non-hydrogen) atoms. The van der Waals surface area contributed by atoms with Crippen molar-refractivity contribution in [3.8, 4) is 5.69 Å². The molecule has 0 amide bonds. The Kier molecular flexibility index (Phi) is 3.53. The molecule has 0 saturated heterocycles. The van der Waals surface area contributed by atoms with Gasteiger partial charge in [0.05, 0.1) is 22.2 Å². The standard InChI is InChI=1S/C15H11F3N4O/c16-15(17,18)9-5-7-10(8-6-9)22-13(23)11-3-1-2-4-12(11)20-14(22)21-19/h1-8H,19H2,(H,20,21). The van der Waals surface area contributed by atoms with Gasteiger partial charge in [0, 0.05) is 0 Å². The van der Waals surface area contributed by atoms with Crippen molar-refractivity contribution in [2.24, 2.45) is 5.84 Å². The van der Waals surface area contributed by atoms with Gasteiger partial charge in [-0.25, -0.2) is 15.4 Å². The number of anilines is 1. The molecule has 1 aromatic heterocycles. The zero-order chi connectivity index (χ0) is 16.6. The van der Waals surface area contributed by atoms with Gasteiger partial charge in [-0.1, -0.05) is 12.1 Å². The summed E-state index contributed by atoms with van der Waals surface area (Å²) >= 11 is 0. The summed E-state index contributed by atoms with van der Waals surface area (Å²) in [5.41, 5.74) is 1.74. The lowest BCUT2D eigenvalue weighted by Crippen LogP contribution is -2.26. The van der Waals surface area contributed by atoms with E-state index in [9.17, 15) is 18.0 Å². The Morgan fingerprint density at radius 3 is 2.30 bits per heavy atom. The van der Waals surface area contributed by atoms with Crippen molar-refractivity contribution < 1.29 is 13.2 Å². The summed E-state index contributed by atoms with van der Waals surface area (Å²) < 4.78 is 39.1. The molecule has 0 radical (unpaired) electrons. The molecule has 5 nitrogen and oxygen atoms in total. The van der Waals surface area contributed by atoms with E-state index in [-0.39, 0.29) is 11.6 Å². The van der Waals surface area contributed by atoms with E-state index in [2.05, 4.69) is 10.4 Å². The highest BCUT2D eigenvalue weighted by Gasteiger charge is 2.30. The van der Waals surface area contributed by atoms with Crippen molar-refractivity contribution >= 4 is 16.9 Å². The van der Waals surface area contributed by atoms with Crippen LogP contribution in [0.4, 0.5) is 19.1 Å². The molecule has 8 heteroatoms. The number of hydrogen-bond donors (Lipinski definition) is 2. The number of halogens is 3. The van der Waals surface area contributed by atoms with Crippen LogP contribution in [0.15, 0.2) is 53.3 Å². The SMILES string of the molecule is NNc1nc2ccccc2c(=O)n1-c1ccc(C(F)(F)F)cc1. The predicted molar refractivity (Wildman–Crippen MR) is 80.2 cm³/mol. The number of aromatic nitrogens is 2. The van der Waals surface area contributed by atoms with Gasteiger partial charge >= 0.3 is 6.18 Å². The molecule has 3 aromatic rings. The van der Waals surface area contributed by atoms with Crippen molar-refractivity contribution in [3.63, 3.8) is 0 Å². The maximum absolute atomic E-state index is 12.6. The number of hydrogen-bond acceptors (Lipinski definition) is 4. The molecule has 0 unspecified atom stereocenters. The Morgan fingerprint density at radius 1 is 1.04 bits per heavy atom. The molecular formula is C15H11F3N4O. The number of rotatable bonds is 2. The fraction of sp³-hybridized carbons (Fsp3) is 0.0667.